The number of piperidine rings is 1. The lowest BCUT2D eigenvalue weighted by atomic mass is 9.98. The zero-order valence-electron chi connectivity index (χ0n) is 16.2. The monoisotopic (exact) mass is 400 g/mol. The van der Waals surface area contributed by atoms with Gasteiger partial charge in [0.25, 0.3) is 0 Å². The molecule has 2 aromatic rings. The molecule has 0 saturated carbocycles. The van der Waals surface area contributed by atoms with Crippen LogP contribution in [0.1, 0.15) is 25.3 Å². The standard InChI is InChI=1S/C21H28N4O2S/c1-2-17-8-10-19(11-9-17)24-21(22)23-16-18-12-14-25(15-13-18)28(26,27)20-6-4-3-5-7-20/h3-11,18H,2,12-16H2,1H3,(H3,22,23,24). The quantitative estimate of drug-likeness (QED) is 0.576. The van der Waals surface area contributed by atoms with Gasteiger partial charge in [0.1, 0.15) is 0 Å². The van der Waals surface area contributed by atoms with E-state index in [2.05, 4.69) is 29.4 Å². The van der Waals surface area contributed by atoms with Gasteiger partial charge in [0.05, 0.1) is 4.90 Å². The molecule has 0 unspecified atom stereocenters. The van der Waals surface area contributed by atoms with Crippen LogP contribution in [-0.4, -0.2) is 38.3 Å². The lowest BCUT2D eigenvalue weighted by Crippen LogP contribution is -2.39. The van der Waals surface area contributed by atoms with E-state index in [1.165, 1.54) is 5.56 Å². The van der Waals surface area contributed by atoms with Gasteiger partial charge in [-0.25, -0.2) is 8.42 Å². The zero-order valence-corrected chi connectivity index (χ0v) is 17.0. The summed E-state index contributed by atoms with van der Waals surface area (Å²) in [5.41, 5.74) is 8.19. The van der Waals surface area contributed by atoms with Gasteiger partial charge in [-0.3, -0.25) is 4.99 Å². The number of hydrogen-bond acceptors (Lipinski definition) is 3. The highest BCUT2D eigenvalue weighted by atomic mass is 32.2. The first-order valence-corrected chi connectivity index (χ1v) is 11.1. The van der Waals surface area contributed by atoms with E-state index in [4.69, 9.17) is 5.73 Å². The minimum atomic E-state index is -3.40. The second kappa shape index (κ2) is 9.21. The molecule has 0 radical (unpaired) electrons. The number of hydrogen-bond donors (Lipinski definition) is 2. The predicted molar refractivity (Wildman–Crippen MR) is 114 cm³/mol. The Morgan fingerprint density at radius 3 is 2.36 bits per heavy atom. The highest BCUT2D eigenvalue weighted by molar-refractivity contribution is 7.89. The van der Waals surface area contributed by atoms with Crippen molar-refractivity contribution >= 4 is 21.7 Å². The van der Waals surface area contributed by atoms with Crippen LogP contribution in [0.4, 0.5) is 5.69 Å². The van der Waals surface area contributed by atoms with E-state index in [-0.39, 0.29) is 0 Å². The van der Waals surface area contributed by atoms with Crippen LogP contribution in [0.15, 0.2) is 64.5 Å². The van der Waals surface area contributed by atoms with Gasteiger partial charge in [0.2, 0.25) is 10.0 Å². The lowest BCUT2D eigenvalue weighted by Gasteiger charge is -2.30. The first-order chi connectivity index (χ1) is 13.5. The van der Waals surface area contributed by atoms with E-state index in [1.807, 2.05) is 18.2 Å². The van der Waals surface area contributed by atoms with Crippen LogP contribution < -0.4 is 11.1 Å². The maximum Gasteiger partial charge on any atom is 0.243 e. The Balaban J connectivity index is 1.50. The molecule has 0 spiro atoms. The third-order valence-electron chi connectivity index (χ3n) is 5.11. The largest absolute Gasteiger partial charge is 0.370 e. The molecule has 0 atom stereocenters. The van der Waals surface area contributed by atoms with Gasteiger partial charge in [-0.15, -0.1) is 0 Å². The Labute approximate surface area is 167 Å². The Bertz CT molecular complexity index is 888. The van der Waals surface area contributed by atoms with Gasteiger partial charge < -0.3 is 11.1 Å². The number of rotatable bonds is 6. The summed E-state index contributed by atoms with van der Waals surface area (Å²) in [6, 6.07) is 16.7. The van der Waals surface area contributed by atoms with Crippen molar-refractivity contribution < 1.29 is 8.42 Å². The number of aryl methyl sites for hydroxylation is 1. The summed E-state index contributed by atoms with van der Waals surface area (Å²) >= 11 is 0. The molecule has 1 fully saturated rings. The molecule has 1 aliphatic heterocycles. The maximum absolute atomic E-state index is 12.7. The molecule has 1 heterocycles. The number of aliphatic imine (C=N–C) groups is 1. The van der Waals surface area contributed by atoms with Crippen molar-refractivity contribution in [1.82, 2.24) is 4.31 Å². The average molecular weight is 401 g/mol. The fourth-order valence-electron chi connectivity index (χ4n) is 3.31. The van der Waals surface area contributed by atoms with E-state index in [0.29, 0.717) is 36.4 Å². The number of nitrogens with zero attached hydrogens (tertiary/aromatic N) is 2. The Kier molecular flexibility index (Phi) is 6.70. The van der Waals surface area contributed by atoms with Gasteiger partial charge in [-0.05, 0) is 55.0 Å². The van der Waals surface area contributed by atoms with Gasteiger partial charge in [-0.1, -0.05) is 37.3 Å². The molecule has 0 aliphatic carbocycles. The van der Waals surface area contributed by atoms with Gasteiger partial charge in [-0.2, -0.15) is 4.31 Å². The number of sulfonamides is 1. The van der Waals surface area contributed by atoms with Crippen molar-refractivity contribution in [3.8, 4) is 0 Å². The zero-order chi connectivity index (χ0) is 20.0. The summed E-state index contributed by atoms with van der Waals surface area (Å²) in [5, 5.41) is 3.11. The Morgan fingerprint density at radius 2 is 1.75 bits per heavy atom. The highest BCUT2D eigenvalue weighted by Crippen LogP contribution is 2.24. The van der Waals surface area contributed by atoms with E-state index >= 15 is 0 Å². The van der Waals surface area contributed by atoms with Crippen molar-refractivity contribution in [2.75, 3.05) is 25.0 Å². The summed E-state index contributed by atoms with van der Waals surface area (Å²) < 4.78 is 26.9. The molecular formula is C21H28N4O2S. The topological polar surface area (TPSA) is 87.8 Å². The summed E-state index contributed by atoms with van der Waals surface area (Å²) in [6.07, 6.45) is 2.57. The second-order valence-corrected chi connectivity index (χ2v) is 9.00. The van der Waals surface area contributed by atoms with Crippen LogP contribution in [0.5, 0.6) is 0 Å². The van der Waals surface area contributed by atoms with E-state index in [1.54, 1.807) is 28.6 Å². The van der Waals surface area contributed by atoms with E-state index in [0.717, 1.165) is 24.9 Å². The number of nitrogens with one attached hydrogen (secondary N) is 1. The molecule has 2 aromatic carbocycles. The van der Waals surface area contributed by atoms with Crippen molar-refractivity contribution in [3.05, 3.63) is 60.2 Å². The molecule has 0 amide bonds. The minimum Gasteiger partial charge on any atom is -0.370 e. The SMILES string of the molecule is CCc1ccc(NC(N)=NCC2CCN(S(=O)(=O)c3ccccc3)CC2)cc1. The van der Waals surface area contributed by atoms with E-state index in [9.17, 15) is 8.42 Å². The fraction of sp³-hybridized carbons (Fsp3) is 0.381. The van der Waals surface area contributed by atoms with Crippen molar-refractivity contribution in [3.63, 3.8) is 0 Å². The maximum atomic E-state index is 12.7. The van der Waals surface area contributed by atoms with Crippen molar-refractivity contribution in [2.24, 2.45) is 16.6 Å². The molecule has 1 saturated heterocycles. The lowest BCUT2D eigenvalue weighted by molar-refractivity contribution is 0.279. The van der Waals surface area contributed by atoms with E-state index < -0.39 is 10.0 Å². The summed E-state index contributed by atoms with van der Waals surface area (Å²) in [4.78, 5) is 4.80. The third-order valence-corrected chi connectivity index (χ3v) is 7.02. The molecule has 7 heteroatoms. The first-order valence-electron chi connectivity index (χ1n) is 9.70. The molecule has 28 heavy (non-hydrogen) atoms. The average Bonchev–Trinajstić information content (AvgIpc) is 2.74. The first kappa shape index (κ1) is 20.4. The normalized spacial score (nSPS) is 16.8. The Hall–Kier alpha value is -2.38. The van der Waals surface area contributed by atoms with Crippen LogP contribution in [0.2, 0.25) is 0 Å². The summed E-state index contributed by atoms with van der Waals surface area (Å²) in [7, 11) is -3.40. The van der Waals surface area contributed by atoms with Crippen LogP contribution >= 0.6 is 0 Å². The number of guanidine groups is 1. The fourth-order valence-corrected chi connectivity index (χ4v) is 4.80. The summed E-state index contributed by atoms with van der Waals surface area (Å²) in [6.45, 7) is 3.76. The second-order valence-electron chi connectivity index (χ2n) is 7.06. The molecule has 6 nitrogen and oxygen atoms in total. The highest BCUT2D eigenvalue weighted by Gasteiger charge is 2.29. The molecule has 0 aromatic heterocycles. The number of benzene rings is 2. The number of nitrogens with two attached hydrogens (primary N) is 1. The predicted octanol–water partition coefficient (Wildman–Crippen LogP) is 3.08. The third kappa shape index (κ3) is 5.11. The summed E-state index contributed by atoms with van der Waals surface area (Å²) in [5.74, 6) is 0.730. The van der Waals surface area contributed by atoms with Crippen LogP contribution in [0, 0.1) is 5.92 Å². The van der Waals surface area contributed by atoms with Gasteiger partial charge in [0, 0.05) is 25.3 Å². The molecular weight excluding hydrogens is 372 g/mol. The molecule has 1 aliphatic rings. The van der Waals surface area contributed by atoms with Crippen LogP contribution in [0.25, 0.3) is 0 Å². The van der Waals surface area contributed by atoms with Gasteiger partial charge >= 0.3 is 0 Å². The van der Waals surface area contributed by atoms with Crippen molar-refractivity contribution in [1.29, 1.82) is 0 Å². The van der Waals surface area contributed by atoms with Crippen molar-refractivity contribution in [2.45, 2.75) is 31.1 Å². The minimum absolute atomic E-state index is 0.338. The molecule has 3 N–H and O–H groups in total. The van der Waals surface area contributed by atoms with Gasteiger partial charge in [0.15, 0.2) is 5.96 Å². The Morgan fingerprint density at radius 1 is 1.11 bits per heavy atom. The van der Waals surface area contributed by atoms with Crippen LogP contribution in [0.3, 0.4) is 0 Å². The molecule has 0 bridgehead atoms. The number of anilines is 1. The molecule has 150 valence electrons. The smallest absolute Gasteiger partial charge is 0.243 e. The molecule has 3 rings (SSSR count). The van der Waals surface area contributed by atoms with Crippen LogP contribution in [-0.2, 0) is 16.4 Å².